The molecule has 1 aromatic rings. The topological polar surface area (TPSA) is 105 Å². The summed E-state index contributed by atoms with van der Waals surface area (Å²) < 4.78 is 15.0. The van der Waals surface area contributed by atoms with Crippen molar-refractivity contribution in [2.24, 2.45) is 0 Å². The molecule has 1 saturated heterocycles. The fourth-order valence-corrected chi connectivity index (χ4v) is 2.32. The van der Waals surface area contributed by atoms with Crippen LogP contribution in [0.3, 0.4) is 0 Å². The van der Waals surface area contributed by atoms with Crippen LogP contribution >= 0.6 is 0 Å². The molecule has 0 spiro atoms. The highest BCUT2D eigenvalue weighted by Gasteiger charge is 2.44. The minimum atomic E-state index is -1.41. The number of benzene rings is 1. The van der Waals surface area contributed by atoms with Gasteiger partial charge in [-0.05, 0) is 12.5 Å². The van der Waals surface area contributed by atoms with Crippen molar-refractivity contribution in [3.05, 3.63) is 35.9 Å². The lowest BCUT2D eigenvalue weighted by atomic mass is 9.91. The van der Waals surface area contributed by atoms with Crippen molar-refractivity contribution in [2.45, 2.75) is 37.4 Å². The number of ether oxygens (including phenoxy) is 3. The van der Waals surface area contributed by atoms with E-state index in [9.17, 15) is 20.1 Å². The number of hydrogen-bond acceptors (Lipinski definition) is 7. The van der Waals surface area contributed by atoms with Crippen molar-refractivity contribution < 1.29 is 34.3 Å². The first-order valence-electron chi connectivity index (χ1n) is 7.08. The fraction of sp³-hybridized carbons (Fsp3) is 0.533. The molecule has 1 heterocycles. The van der Waals surface area contributed by atoms with Crippen molar-refractivity contribution in [3.8, 4) is 0 Å². The van der Waals surface area contributed by atoms with Gasteiger partial charge in [-0.25, -0.2) is 4.79 Å². The average molecular weight is 312 g/mol. The van der Waals surface area contributed by atoms with Crippen LogP contribution in [0.25, 0.3) is 0 Å². The minimum absolute atomic E-state index is 0.168. The SMILES string of the molecule is CCOC(=O)OC[C@H]1O[C@@H](c2ccccc2)C(O)[C@@H](O)C1O. The van der Waals surface area contributed by atoms with E-state index in [1.54, 1.807) is 31.2 Å². The number of carbonyl (C=O) groups excluding carboxylic acids is 1. The van der Waals surface area contributed by atoms with E-state index in [0.29, 0.717) is 5.56 Å². The van der Waals surface area contributed by atoms with Gasteiger partial charge in [0.25, 0.3) is 0 Å². The summed E-state index contributed by atoms with van der Waals surface area (Å²) in [4.78, 5) is 11.2. The van der Waals surface area contributed by atoms with Crippen LogP contribution in [0.5, 0.6) is 0 Å². The summed E-state index contributed by atoms with van der Waals surface area (Å²) >= 11 is 0. The maximum atomic E-state index is 11.2. The Morgan fingerprint density at radius 2 is 1.77 bits per heavy atom. The van der Waals surface area contributed by atoms with Gasteiger partial charge in [-0.1, -0.05) is 30.3 Å². The van der Waals surface area contributed by atoms with Gasteiger partial charge >= 0.3 is 6.16 Å². The lowest BCUT2D eigenvalue weighted by Gasteiger charge is -2.40. The second kappa shape index (κ2) is 7.55. The molecule has 0 amide bonds. The van der Waals surface area contributed by atoms with Crippen LogP contribution in [0.15, 0.2) is 30.3 Å². The van der Waals surface area contributed by atoms with Crippen LogP contribution in [-0.2, 0) is 14.2 Å². The van der Waals surface area contributed by atoms with Gasteiger partial charge in [0.15, 0.2) is 0 Å². The van der Waals surface area contributed by atoms with E-state index in [1.807, 2.05) is 6.07 Å². The van der Waals surface area contributed by atoms with E-state index in [2.05, 4.69) is 4.74 Å². The van der Waals surface area contributed by atoms with E-state index in [0.717, 1.165) is 0 Å². The summed E-state index contributed by atoms with van der Waals surface area (Å²) in [7, 11) is 0. The molecule has 2 unspecified atom stereocenters. The standard InChI is InChI=1S/C15H20O7/c1-2-20-15(19)21-8-10-11(16)12(17)13(18)14(22-10)9-6-4-3-5-7-9/h3-7,10-14,16-18H,2,8H2,1H3/t10-,11?,12+,13?,14+/m1/s1. The van der Waals surface area contributed by atoms with Gasteiger partial charge in [-0.3, -0.25) is 0 Å². The lowest BCUT2D eigenvalue weighted by molar-refractivity contribution is -0.232. The first kappa shape index (κ1) is 16.7. The molecule has 0 bridgehead atoms. The molecule has 1 aromatic carbocycles. The maximum Gasteiger partial charge on any atom is 0.508 e. The van der Waals surface area contributed by atoms with E-state index < -0.39 is 36.7 Å². The van der Waals surface area contributed by atoms with Gasteiger partial charge in [0, 0.05) is 0 Å². The van der Waals surface area contributed by atoms with Crippen molar-refractivity contribution >= 4 is 6.16 Å². The summed E-state index contributed by atoms with van der Waals surface area (Å²) in [6, 6.07) is 8.83. The number of carbonyl (C=O) groups is 1. The molecule has 22 heavy (non-hydrogen) atoms. The number of aliphatic hydroxyl groups excluding tert-OH is 3. The van der Waals surface area contributed by atoms with Gasteiger partial charge < -0.3 is 29.5 Å². The van der Waals surface area contributed by atoms with Gasteiger partial charge in [0.2, 0.25) is 0 Å². The van der Waals surface area contributed by atoms with E-state index in [4.69, 9.17) is 9.47 Å². The van der Waals surface area contributed by atoms with Crippen molar-refractivity contribution in [3.63, 3.8) is 0 Å². The highest BCUT2D eigenvalue weighted by molar-refractivity contribution is 5.59. The van der Waals surface area contributed by atoms with Gasteiger partial charge in [0.05, 0.1) is 6.61 Å². The van der Waals surface area contributed by atoms with Crippen LogP contribution in [0.4, 0.5) is 4.79 Å². The Balaban J connectivity index is 2.06. The zero-order valence-electron chi connectivity index (χ0n) is 12.2. The summed E-state index contributed by atoms with van der Waals surface area (Å²) in [6.45, 7) is 1.52. The molecule has 3 N–H and O–H groups in total. The Morgan fingerprint density at radius 3 is 2.41 bits per heavy atom. The first-order chi connectivity index (χ1) is 10.5. The molecule has 0 radical (unpaired) electrons. The molecule has 1 aliphatic heterocycles. The summed E-state index contributed by atoms with van der Waals surface area (Å²) in [5, 5.41) is 30.0. The van der Waals surface area contributed by atoms with Crippen LogP contribution in [0.2, 0.25) is 0 Å². The molecular weight excluding hydrogens is 292 g/mol. The second-order valence-electron chi connectivity index (χ2n) is 4.97. The third-order valence-electron chi connectivity index (χ3n) is 3.47. The van der Waals surface area contributed by atoms with Gasteiger partial charge in [-0.2, -0.15) is 0 Å². The largest absolute Gasteiger partial charge is 0.508 e. The number of hydrogen-bond donors (Lipinski definition) is 3. The highest BCUT2D eigenvalue weighted by Crippen LogP contribution is 2.32. The Kier molecular flexibility index (Phi) is 5.73. The predicted octanol–water partition coefficient (Wildman–Crippen LogP) is 0.382. The number of aliphatic hydroxyl groups is 3. The Bertz CT molecular complexity index is 478. The Hall–Kier alpha value is -1.67. The lowest BCUT2D eigenvalue weighted by Crippen LogP contribution is -2.55. The third kappa shape index (κ3) is 3.75. The van der Waals surface area contributed by atoms with Gasteiger partial charge in [-0.15, -0.1) is 0 Å². The van der Waals surface area contributed by atoms with Crippen LogP contribution < -0.4 is 0 Å². The zero-order valence-corrected chi connectivity index (χ0v) is 12.2. The molecule has 0 aliphatic carbocycles. The summed E-state index contributed by atoms with van der Waals surface area (Å²) in [5.41, 5.74) is 0.655. The van der Waals surface area contributed by atoms with Crippen LogP contribution in [-0.4, -0.2) is 59.1 Å². The van der Waals surface area contributed by atoms with Crippen LogP contribution in [0, 0.1) is 0 Å². The van der Waals surface area contributed by atoms with E-state index >= 15 is 0 Å². The van der Waals surface area contributed by atoms with Gasteiger partial charge in [0.1, 0.15) is 37.1 Å². The molecule has 5 atom stereocenters. The molecule has 2 rings (SSSR count). The van der Waals surface area contributed by atoms with Crippen molar-refractivity contribution in [1.82, 2.24) is 0 Å². The monoisotopic (exact) mass is 312 g/mol. The highest BCUT2D eigenvalue weighted by atomic mass is 16.7. The predicted molar refractivity (Wildman–Crippen MR) is 75.1 cm³/mol. The third-order valence-corrected chi connectivity index (χ3v) is 3.47. The molecule has 7 nitrogen and oxygen atoms in total. The molecule has 0 aromatic heterocycles. The van der Waals surface area contributed by atoms with Crippen molar-refractivity contribution in [1.29, 1.82) is 0 Å². The molecule has 7 heteroatoms. The molecule has 1 fully saturated rings. The summed E-state index contributed by atoms with van der Waals surface area (Å²) in [6.07, 6.45) is -6.73. The Labute approximate surface area is 128 Å². The molecule has 0 saturated carbocycles. The minimum Gasteiger partial charge on any atom is -0.435 e. The maximum absolute atomic E-state index is 11.2. The van der Waals surface area contributed by atoms with E-state index in [1.165, 1.54) is 0 Å². The quantitative estimate of drug-likeness (QED) is 0.690. The fourth-order valence-electron chi connectivity index (χ4n) is 2.32. The second-order valence-corrected chi connectivity index (χ2v) is 4.97. The average Bonchev–Trinajstić information content (AvgIpc) is 2.53. The molecule has 1 aliphatic rings. The van der Waals surface area contributed by atoms with Crippen LogP contribution in [0.1, 0.15) is 18.6 Å². The van der Waals surface area contributed by atoms with Crippen molar-refractivity contribution in [2.75, 3.05) is 13.2 Å². The normalized spacial score (nSPS) is 31.5. The first-order valence-corrected chi connectivity index (χ1v) is 7.08. The molecule has 122 valence electrons. The number of rotatable bonds is 4. The molecular formula is C15H20O7. The zero-order chi connectivity index (χ0) is 16.1. The smallest absolute Gasteiger partial charge is 0.435 e. The Morgan fingerprint density at radius 1 is 1.09 bits per heavy atom. The summed E-state index contributed by atoms with van der Waals surface area (Å²) in [5.74, 6) is 0. The van der Waals surface area contributed by atoms with E-state index in [-0.39, 0.29) is 13.2 Å².